The Hall–Kier alpha value is -1.42. The van der Waals surface area contributed by atoms with E-state index in [4.69, 9.17) is 9.47 Å². The molecule has 0 spiro atoms. The summed E-state index contributed by atoms with van der Waals surface area (Å²) < 4.78 is 10.5. The van der Waals surface area contributed by atoms with Crippen LogP contribution in [-0.4, -0.2) is 17.9 Å². The van der Waals surface area contributed by atoms with E-state index in [1.807, 2.05) is 6.07 Å². The molecule has 1 aromatic carbocycles. The minimum absolute atomic E-state index is 0.235. The first-order chi connectivity index (χ1) is 8.74. The Kier molecular flexibility index (Phi) is 4.31. The Morgan fingerprint density at radius 2 is 2.00 bits per heavy atom. The SMILES string of the molecule is CCCC(CC)NCc1cc2c(cc1O)OCO2. The Labute approximate surface area is 108 Å². The molecule has 18 heavy (non-hydrogen) atoms. The van der Waals surface area contributed by atoms with Crippen LogP contribution in [-0.2, 0) is 6.54 Å². The highest BCUT2D eigenvalue weighted by Gasteiger charge is 2.17. The minimum Gasteiger partial charge on any atom is -0.507 e. The van der Waals surface area contributed by atoms with Crippen LogP contribution < -0.4 is 14.8 Å². The van der Waals surface area contributed by atoms with Crippen LogP contribution in [0.15, 0.2) is 12.1 Å². The Balaban J connectivity index is 2.01. The van der Waals surface area contributed by atoms with E-state index in [1.54, 1.807) is 6.07 Å². The molecule has 1 aliphatic heterocycles. The Morgan fingerprint density at radius 1 is 1.28 bits per heavy atom. The summed E-state index contributed by atoms with van der Waals surface area (Å²) in [5.74, 6) is 1.60. The lowest BCUT2D eigenvalue weighted by molar-refractivity contribution is 0.174. The van der Waals surface area contributed by atoms with Crippen LogP contribution in [0.4, 0.5) is 0 Å². The molecule has 1 atom stereocenters. The van der Waals surface area contributed by atoms with Crippen LogP contribution in [0.25, 0.3) is 0 Å². The van der Waals surface area contributed by atoms with Crippen molar-refractivity contribution < 1.29 is 14.6 Å². The lowest BCUT2D eigenvalue weighted by atomic mass is 10.1. The van der Waals surface area contributed by atoms with Crippen LogP contribution in [0.2, 0.25) is 0 Å². The van der Waals surface area contributed by atoms with Crippen molar-refractivity contribution in [3.63, 3.8) is 0 Å². The molecule has 0 saturated heterocycles. The van der Waals surface area contributed by atoms with Crippen molar-refractivity contribution in [3.05, 3.63) is 17.7 Å². The summed E-state index contributed by atoms with van der Waals surface area (Å²) in [4.78, 5) is 0. The first-order valence-electron chi connectivity index (χ1n) is 6.59. The number of fused-ring (bicyclic) bond motifs is 1. The summed E-state index contributed by atoms with van der Waals surface area (Å²) in [5, 5.41) is 13.4. The predicted molar refractivity (Wildman–Crippen MR) is 70.1 cm³/mol. The first-order valence-corrected chi connectivity index (χ1v) is 6.59. The van der Waals surface area contributed by atoms with Gasteiger partial charge in [0.2, 0.25) is 6.79 Å². The van der Waals surface area contributed by atoms with E-state index in [0.717, 1.165) is 18.4 Å². The van der Waals surface area contributed by atoms with Crippen molar-refractivity contribution in [1.29, 1.82) is 0 Å². The average molecular weight is 251 g/mol. The smallest absolute Gasteiger partial charge is 0.231 e. The molecule has 1 aromatic rings. The molecular weight excluding hydrogens is 230 g/mol. The standard InChI is InChI=1S/C14H21NO3/c1-3-5-11(4-2)15-8-10-6-13-14(7-12(10)16)18-9-17-13/h6-7,11,15-16H,3-5,8-9H2,1-2H3. The van der Waals surface area contributed by atoms with Crippen molar-refractivity contribution in [3.8, 4) is 17.2 Å². The molecule has 1 unspecified atom stereocenters. The van der Waals surface area contributed by atoms with E-state index in [0.29, 0.717) is 24.1 Å². The molecule has 0 fully saturated rings. The van der Waals surface area contributed by atoms with Gasteiger partial charge in [0.05, 0.1) is 0 Å². The fourth-order valence-corrected chi connectivity index (χ4v) is 2.17. The lowest BCUT2D eigenvalue weighted by Crippen LogP contribution is -2.27. The first kappa shape index (κ1) is 13.0. The monoisotopic (exact) mass is 251 g/mol. The van der Waals surface area contributed by atoms with E-state index in [1.165, 1.54) is 6.42 Å². The normalized spacial score (nSPS) is 14.8. The van der Waals surface area contributed by atoms with Crippen molar-refractivity contribution in [1.82, 2.24) is 5.32 Å². The van der Waals surface area contributed by atoms with Crippen molar-refractivity contribution >= 4 is 0 Å². The Morgan fingerprint density at radius 3 is 2.67 bits per heavy atom. The third-order valence-corrected chi connectivity index (χ3v) is 3.28. The molecular formula is C14H21NO3. The highest BCUT2D eigenvalue weighted by Crippen LogP contribution is 2.37. The van der Waals surface area contributed by atoms with Gasteiger partial charge in [0, 0.05) is 24.2 Å². The van der Waals surface area contributed by atoms with Crippen molar-refractivity contribution in [2.24, 2.45) is 0 Å². The summed E-state index contributed by atoms with van der Waals surface area (Å²) in [5.41, 5.74) is 0.855. The molecule has 4 nitrogen and oxygen atoms in total. The van der Waals surface area contributed by atoms with Gasteiger partial charge in [-0.05, 0) is 18.9 Å². The lowest BCUT2D eigenvalue weighted by Gasteiger charge is -2.16. The fraction of sp³-hybridized carbons (Fsp3) is 0.571. The van der Waals surface area contributed by atoms with Crippen LogP contribution in [0.3, 0.4) is 0 Å². The maximum Gasteiger partial charge on any atom is 0.231 e. The molecule has 1 aliphatic rings. The zero-order valence-corrected chi connectivity index (χ0v) is 11.0. The van der Waals surface area contributed by atoms with Gasteiger partial charge in [-0.1, -0.05) is 20.3 Å². The van der Waals surface area contributed by atoms with E-state index in [9.17, 15) is 5.11 Å². The zero-order chi connectivity index (χ0) is 13.0. The molecule has 2 rings (SSSR count). The van der Waals surface area contributed by atoms with Gasteiger partial charge in [0.1, 0.15) is 5.75 Å². The second kappa shape index (κ2) is 5.96. The average Bonchev–Trinajstić information content (AvgIpc) is 2.81. The molecule has 1 heterocycles. The molecule has 0 radical (unpaired) electrons. The molecule has 2 N–H and O–H groups in total. The van der Waals surface area contributed by atoms with Crippen LogP contribution in [0, 0.1) is 0 Å². The molecule has 100 valence electrons. The van der Waals surface area contributed by atoms with Crippen LogP contribution in [0.5, 0.6) is 17.2 Å². The summed E-state index contributed by atoms with van der Waals surface area (Å²) in [6.07, 6.45) is 3.42. The number of nitrogens with one attached hydrogen (secondary N) is 1. The molecule has 0 saturated carbocycles. The van der Waals surface area contributed by atoms with E-state index < -0.39 is 0 Å². The van der Waals surface area contributed by atoms with Gasteiger partial charge in [0.25, 0.3) is 0 Å². The number of benzene rings is 1. The molecule has 0 aromatic heterocycles. The second-order valence-corrected chi connectivity index (χ2v) is 4.61. The van der Waals surface area contributed by atoms with Crippen molar-refractivity contribution in [2.45, 2.75) is 45.7 Å². The second-order valence-electron chi connectivity index (χ2n) is 4.61. The number of rotatable bonds is 6. The largest absolute Gasteiger partial charge is 0.507 e. The van der Waals surface area contributed by atoms with Crippen molar-refractivity contribution in [2.75, 3.05) is 6.79 Å². The topological polar surface area (TPSA) is 50.7 Å². The van der Waals surface area contributed by atoms with Gasteiger partial charge in [0.15, 0.2) is 11.5 Å². The third-order valence-electron chi connectivity index (χ3n) is 3.28. The van der Waals surface area contributed by atoms with Gasteiger partial charge in [-0.3, -0.25) is 0 Å². The third kappa shape index (κ3) is 2.88. The minimum atomic E-state index is 0.235. The number of phenolic OH excluding ortho intramolecular Hbond substituents is 1. The number of phenols is 1. The number of ether oxygens (including phenoxy) is 2. The zero-order valence-electron chi connectivity index (χ0n) is 11.0. The number of hydrogen-bond donors (Lipinski definition) is 2. The van der Waals surface area contributed by atoms with E-state index >= 15 is 0 Å². The Bertz CT molecular complexity index is 406. The number of hydrogen-bond acceptors (Lipinski definition) is 4. The molecule has 4 heteroatoms. The molecule has 0 amide bonds. The van der Waals surface area contributed by atoms with E-state index in [2.05, 4.69) is 19.2 Å². The molecule has 0 aliphatic carbocycles. The maximum absolute atomic E-state index is 9.91. The van der Waals surface area contributed by atoms with Gasteiger partial charge in [-0.25, -0.2) is 0 Å². The van der Waals surface area contributed by atoms with E-state index in [-0.39, 0.29) is 12.5 Å². The summed E-state index contributed by atoms with van der Waals surface area (Å²) >= 11 is 0. The summed E-state index contributed by atoms with van der Waals surface area (Å²) in [6.45, 7) is 5.25. The van der Waals surface area contributed by atoms with Crippen LogP contribution in [0.1, 0.15) is 38.7 Å². The summed E-state index contributed by atoms with van der Waals surface area (Å²) in [7, 11) is 0. The highest BCUT2D eigenvalue weighted by atomic mass is 16.7. The summed E-state index contributed by atoms with van der Waals surface area (Å²) in [6, 6.07) is 3.98. The predicted octanol–water partition coefficient (Wildman–Crippen LogP) is 2.79. The molecule has 0 bridgehead atoms. The van der Waals surface area contributed by atoms with Gasteiger partial charge >= 0.3 is 0 Å². The highest BCUT2D eigenvalue weighted by molar-refractivity contribution is 5.51. The fourth-order valence-electron chi connectivity index (χ4n) is 2.17. The number of aromatic hydroxyl groups is 1. The van der Waals surface area contributed by atoms with Gasteiger partial charge in [-0.15, -0.1) is 0 Å². The maximum atomic E-state index is 9.91. The van der Waals surface area contributed by atoms with Gasteiger partial charge in [-0.2, -0.15) is 0 Å². The van der Waals surface area contributed by atoms with Gasteiger partial charge < -0.3 is 19.9 Å². The van der Waals surface area contributed by atoms with Crippen LogP contribution >= 0.6 is 0 Å². The quantitative estimate of drug-likeness (QED) is 0.816.